The van der Waals surface area contributed by atoms with Gasteiger partial charge in [0.25, 0.3) is 0 Å². The van der Waals surface area contributed by atoms with Gasteiger partial charge in [0.1, 0.15) is 0 Å². The highest BCUT2D eigenvalue weighted by Crippen LogP contribution is 2.10. The van der Waals surface area contributed by atoms with E-state index in [-0.39, 0.29) is 11.6 Å². The fourth-order valence-corrected chi connectivity index (χ4v) is 0.337. The lowest BCUT2D eigenvalue weighted by Gasteiger charge is -2.21. The molecule has 0 rings (SSSR count). The molecule has 11 heavy (non-hydrogen) atoms. The summed E-state index contributed by atoms with van der Waals surface area (Å²) in [6.07, 6.45) is 0. The Hall–Kier alpha value is -0.660. The van der Waals surface area contributed by atoms with Gasteiger partial charge < -0.3 is 5.73 Å². The first-order valence-electron chi connectivity index (χ1n) is 3.89. The second-order valence-corrected chi connectivity index (χ2v) is 3.13. The molecule has 3 heteroatoms. The first-order chi connectivity index (χ1) is 5.00. The summed E-state index contributed by atoms with van der Waals surface area (Å²) in [7, 11) is 0. The van der Waals surface area contributed by atoms with E-state index in [1.54, 1.807) is 0 Å². The minimum atomic E-state index is -0.251. The number of rotatable bonds is 3. The van der Waals surface area contributed by atoms with Gasteiger partial charge in [0.2, 0.25) is 0 Å². The van der Waals surface area contributed by atoms with E-state index in [2.05, 4.69) is 16.0 Å². The summed E-state index contributed by atoms with van der Waals surface area (Å²) in [4.78, 5) is 7.97. The quantitative estimate of drug-likeness (QED) is 0.614. The van der Waals surface area contributed by atoms with E-state index in [4.69, 9.17) is 5.73 Å². The van der Waals surface area contributed by atoms with Crippen molar-refractivity contribution in [3.8, 4) is 0 Å². The lowest BCUT2D eigenvalue weighted by molar-refractivity contribution is 0.438. The summed E-state index contributed by atoms with van der Waals surface area (Å²) in [6, 6.07) is 2.66. The van der Waals surface area contributed by atoms with Gasteiger partial charge in [0, 0.05) is 12.6 Å². The molecule has 0 saturated heterocycles. The van der Waals surface area contributed by atoms with E-state index in [9.17, 15) is 0 Å². The van der Waals surface area contributed by atoms with E-state index in [0.29, 0.717) is 0 Å². The van der Waals surface area contributed by atoms with Crippen molar-refractivity contribution in [3.63, 3.8) is 0 Å². The van der Waals surface area contributed by atoms with Crippen LogP contribution in [0, 0.1) is 0 Å². The van der Waals surface area contributed by atoms with Gasteiger partial charge in [-0.25, -0.2) is 9.98 Å². The highest BCUT2D eigenvalue weighted by Gasteiger charge is 2.20. The summed E-state index contributed by atoms with van der Waals surface area (Å²) in [5, 5.41) is 0. The van der Waals surface area contributed by atoms with Crippen molar-refractivity contribution < 1.29 is 0 Å². The Kier molecular flexibility index (Phi) is 4.01. The van der Waals surface area contributed by atoms with Crippen molar-refractivity contribution in [1.29, 1.82) is 0 Å². The number of aliphatic imine (C=N–C) groups is 2. The summed E-state index contributed by atoms with van der Waals surface area (Å²) in [5.41, 5.74) is 5.43. The lowest BCUT2D eigenvalue weighted by atomic mass is 9.98. The molecule has 0 spiro atoms. The maximum absolute atomic E-state index is 5.68. The van der Waals surface area contributed by atoms with Crippen LogP contribution in [0.2, 0.25) is 0 Å². The molecular formula is C8H17N3. The molecule has 1 atom stereocenters. The van der Waals surface area contributed by atoms with Crippen molar-refractivity contribution in [1.82, 2.24) is 0 Å². The van der Waals surface area contributed by atoms with E-state index in [1.165, 1.54) is 0 Å². The highest BCUT2D eigenvalue weighted by atomic mass is 14.9. The third-order valence-electron chi connectivity index (χ3n) is 1.68. The van der Waals surface area contributed by atoms with Crippen LogP contribution in [-0.2, 0) is 0 Å². The molecular weight excluding hydrogens is 138 g/mol. The van der Waals surface area contributed by atoms with Crippen molar-refractivity contribution in [2.24, 2.45) is 15.7 Å². The van der Waals surface area contributed by atoms with Crippen LogP contribution in [0.3, 0.4) is 0 Å². The van der Waals surface area contributed by atoms with Crippen LogP contribution in [0.1, 0.15) is 27.7 Å². The third-order valence-corrected chi connectivity index (χ3v) is 1.68. The fourth-order valence-electron chi connectivity index (χ4n) is 0.337. The van der Waals surface area contributed by atoms with Crippen molar-refractivity contribution >= 4 is 6.01 Å². The average Bonchev–Trinajstić information content (AvgIpc) is 1.88. The lowest BCUT2D eigenvalue weighted by Crippen LogP contribution is -2.38. The SMILES string of the molecule is CCN=C=NC(C)(C)C(C)N. The van der Waals surface area contributed by atoms with Gasteiger partial charge in [-0.3, -0.25) is 0 Å². The Morgan fingerprint density at radius 3 is 2.45 bits per heavy atom. The Labute approximate surface area is 68.4 Å². The second-order valence-electron chi connectivity index (χ2n) is 3.13. The van der Waals surface area contributed by atoms with Gasteiger partial charge in [-0.15, -0.1) is 0 Å². The molecule has 0 fully saturated rings. The molecule has 64 valence electrons. The van der Waals surface area contributed by atoms with Crippen molar-refractivity contribution in [2.45, 2.75) is 39.3 Å². The maximum atomic E-state index is 5.68. The van der Waals surface area contributed by atoms with E-state index in [0.717, 1.165) is 6.54 Å². The monoisotopic (exact) mass is 155 g/mol. The minimum Gasteiger partial charge on any atom is -0.326 e. The first kappa shape index (κ1) is 10.3. The Balaban J connectivity index is 4.22. The normalized spacial score (nSPS) is 13.5. The zero-order valence-electron chi connectivity index (χ0n) is 7.76. The van der Waals surface area contributed by atoms with Gasteiger partial charge in [0.05, 0.1) is 11.5 Å². The molecule has 0 heterocycles. The van der Waals surface area contributed by atoms with Crippen molar-refractivity contribution in [3.05, 3.63) is 0 Å². The van der Waals surface area contributed by atoms with Gasteiger partial charge in [0.15, 0.2) is 0 Å². The van der Waals surface area contributed by atoms with Crippen LogP contribution in [0.4, 0.5) is 0 Å². The fraction of sp³-hybridized carbons (Fsp3) is 0.875. The average molecular weight is 155 g/mol. The standard InChI is InChI=1S/C8H17N3/c1-5-10-6-11-8(3,4)7(2)9/h7H,5,9H2,1-4H3. The maximum Gasteiger partial charge on any atom is 0.0898 e. The molecule has 0 aliphatic carbocycles. The molecule has 3 nitrogen and oxygen atoms in total. The van der Waals surface area contributed by atoms with Crippen molar-refractivity contribution in [2.75, 3.05) is 6.54 Å². The molecule has 0 saturated carbocycles. The number of nitrogens with zero attached hydrogens (tertiary/aromatic N) is 2. The summed E-state index contributed by atoms with van der Waals surface area (Å²) in [6.45, 7) is 8.53. The Morgan fingerprint density at radius 2 is 2.09 bits per heavy atom. The molecule has 0 aromatic heterocycles. The van der Waals surface area contributed by atoms with Gasteiger partial charge >= 0.3 is 0 Å². The predicted molar refractivity (Wildman–Crippen MR) is 48.1 cm³/mol. The summed E-state index contributed by atoms with van der Waals surface area (Å²) >= 11 is 0. The molecule has 0 aromatic rings. The Bertz CT molecular complexity index is 164. The van der Waals surface area contributed by atoms with E-state index >= 15 is 0 Å². The smallest absolute Gasteiger partial charge is 0.0898 e. The molecule has 0 aromatic carbocycles. The largest absolute Gasteiger partial charge is 0.326 e. The van der Waals surface area contributed by atoms with Crippen LogP contribution in [-0.4, -0.2) is 24.1 Å². The van der Waals surface area contributed by atoms with Crippen LogP contribution in [0.5, 0.6) is 0 Å². The number of hydrogen-bond donors (Lipinski definition) is 1. The third kappa shape index (κ3) is 3.91. The summed E-state index contributed by atoms with van der Waals surface area (Å²) in [5.74, 6) is 0. The van der Waals surface area contributed by atoms with E-state index < -0.39 is 0 Å². The zero-order valence-corrected chi connectivity index (χ0v) is 7.76. The van der Waals surface area contributed by atoms with Crippen LogP contribution >= 0.6 is 0 Å². The summed E-state index contributed by atoms with van der Waals surface area (Å²) < 4.78 is 0. The Morgan fingerprint density at radius 1 is 1.55 bits per heavy atom. The van der Waals surface area contributed by atoms with Crippen LogP contribution in [0.25, 0.3) is 0 Å². The predicted octanol–water partition coefficient (Wildman–Crippen LogP) is 1.31. The molecule has 0 bridgehead atoms. The van der Waals surface area contributed by atoms with Crippen LogP contribution < -0.4 is 5.73 Å². The highest BCUT2D eigenvalue weighted by molar-refractivity contribution is 5.42. The molecule has 2 N–H and O–H groups in total. The van der Waals surface area contributed by atoms with Crippen LogP contribution in [0.15, 0.2) is 9.98 Å². The zero-order chi connectivity index (χ0) is 8.91. The molecule has 0 amide bonds. The van der Waals surface area contributed by atoms with Gasteiger partial charge in [-0.1, -0.05) is 0 Å². The van der Waals surface area contributed by atoms with Gasteiger partial charge in [-0.05, 0) is 27.7 Å². The molecule has 0 aliphatic heterocycles. The second kappa shape index (κ2) is 4.27. The topological polar surface area (TPSA) is 50.7 Å². The molecule has 1 unspecified atom stereocenters. The first-order valence-corrected chi connectivity index (χ1v) is 3.89. The number of nitrogens with two attached hydrogens (primary N) is 1. The number of hydrogen-bond acceptors (Lipinski definition) is 3. The van der Waals surface area contributed by atoms with Gasteiger partial charge in [-0.2, -0.15) is 0 Å². The minimum absolute atomic E-state index is 0.0297. The molecule has 0 radical (unpaired) electrons. The van der Waals surface area contributed by atoms with E-state index in [1.807, 2.05) is 27.7 Å². The molecule has 0 aliphatic rings.